The predicted octanol–water partition coefficient (Wildman–Crippen LogP) is 3.97. The second-order valence-corrected chi connectivity index (χ2v) is 9.42. The van der Waals surface area contributed by atoms with Gasteiger partial charge in [-0.3, -0.25) is 9.52 Å². The summed E-state index contributed by atoms with van der Waals surface area (Å²) in [6.07, 6.45) is 0.507. The van der Waals surface area contributed by atoms with Crippen molar-refractivity contribution in [3.63, 3.8) is 0 Å². The molecule has 33 heavy (non-hydrogen) atoms. The Morgan fingerprint density at radius 2 is 1.48 bits per heavy atom. The molecule has 168 valence electrons. The normalized spacial score (nSPS) is 12.3. The van der Waals surface area contributed by atoms with E-state index in [1.807, 2.05) is 54.6 Å². The van der Waals surface area contributed by atoms with Gasteiger partial charge in [-0.15, -0.1) is 0 Å². The highest BCUT2D eigenvalue weighted by Gasteiger charge is 2.16. The summed E-state index contributed by atoms with van der Waals surface area (Å²) >= 11 is 0. The third kappa shape index (κ3) is 5.58. The Labute approximate surface area is 193 Å². The molecule has 4 rings (SSSR count). The second-order valence-electron chi connectivity index (χ2n) is 7.73. The van der Waals surface area contributed by atoms with E-state index in [0.29, 0.717) is 17.7 Å². The molecule has 0 aliphatic carbocycles. The number of aliphatic hydroxyl groups is 1. The lowest BCUT2D eigenvalue weighted by Gasteiger charge is -2.16. The van der Waals surface area contributed by atoms with E-state index in [4.69, 9.17) is 0 Å². The Hall–Kier alpha value is -3.68. The molecule has 4 aromatic rings. The predicted molar refractivity (Wildman–Crippen MR) is 130 cm³/mol. The minimum atomic E-state index is -3.78. The monoisotopic (exact) mass is 460 g/mol. The molecule has 7 heteroatoms. The molecule has 0 saturated heterocycles. The van der Waals surface area contributed by atoms with Gasteiger partial charge < -0.3 is 10.4 Å². The van der Waals surface area contributed by atoms with Crippen LogP contribution in [0.3, 0.4) is 0 Å². The number of hydrogen-bond acceptors (Lipinski definition) is 4. The molecule has 0 aromatic heterocycles. The highest BCUT2D eigenvalue weighted by atomic mass is 32.2. The summed E-state index contributed by atoms with van der Waals surface area (Å²) in [5.74, 6) is -0.339. The molecular formula is C26H24N2O4S. The molecule has 6 nitrogen and oxygen atoms in total. The molecule has 3 N–H and O–H groups in total. The van der Waals surface area contributed by atoms with Crippen LogP contribution in [0.15, 0.2) is 102 Å². The van der Waals surface area contributed by atoms with E-state index in [-0.39, 0.29) is 17.4 Å². The van der Waals surface area contributed by atoms with Crippen LogP contribution < -0.4 is 10.0 Å². The lowest BCUT2D eigenvalue weighted by atomic mass is 10.1. The molecular weight excluding hydrogens is 436 g/mol. The van der Waals surface area contributed by atoms with E-state index in [1.54, 1.807) is 42.5 Å². The number of benzene rings is 4. The van der Waals surface area contributed by atoms with E-state index >= 15 is 0 Å². The molecule has 0 radical (unpaired) electrons. The maximum absolute atomic E-state index is 12.8. The maximum atomic E-state index is 12.8. The number of aliphatic hydroxyl groups excluding tert-OH is 1. The number of carbonyl (C=O) groups is 1. The van der Waals surface area contributed by atoms with Crippen molar-refractivity contribution < 1.29 is 18.3 Å². The van der Waals surface area contributed by atoms with Crippen molar-refractivity contribution in [2.24, 2.45) is 0 Å². The fourth-order valence-electron chi connectivity index (χ4n) is 3.57. The minimum absolute atomic E-state index is 0.162. The first-order valence-electron chi connectivity index (χ1n) is 10.5. The van der Waals surface area contributed by atoms with Gasteiger partial charge in [0, 0.05) is 11.3 Å². The SMILES string of the molecule is O=C(NC(CO)Cc1ccccc1)c1ccc(NS(=O)(=O)c2ccc3ccccc3c2)cc1. The molecule has 0 spiro atoms. The molecule has 1 atom stereocenters. The Bertz CT molecular complexity index is 1350. The first-order valence-corrected chi connectivity index (χ1v) is 12.0. The van der Waals surface area contributed by atoms with Gasteiger partial charge in [0.1, 0.15) is 0 Å². The zero-order chi connectivity index (χ0) is 23.3. The van der Waals surface area contributed by atoms with E-state index in [2.05, 4.69) is 10.0 Å². The lowest BCUT2D eigenvalue weighted by Crippen LogP contribution is -2.39. The summed E-state index contributed by atoms with van der Waals surface area (Å²) in [7, 11) is -3.78. The van der Waals surface area contributed by atoms with Gasteiger partial charge in [-0.1, -0.05) is 60.7 Å². The summed E-state index contributed by atoms with van der Waals surface area (Å²) in [4.78, 5) is 12.7. The number of rotatable bonds is 8. The van der Waals surface area contributed by atoms with Crippen LogP contribution >= 0.6 is 0 Å². The molecule has 0 aliphatic rings. The molecule has 0 bridgehead atoms. The van der Waals surface area contributed by atoms with E-state index < -0.39 is 16.1 Å². The van der Waals surface area contributed by atoms with Crippen molar-refractivity contribution in [3.05, 3.63) is 108 Å². The highest BCUT2D eigenvalue weighted by Crippen LogP contribution is 2.21. The Balaban J connectivity index is 1.43. The maximum Gasteiger partial charge on any atom is 0.261 e. The summed E-state index contributed by atoms with van der Waals surface area (Å²) in [5, 5.41) is 14.2. The van der Waals surface area contributed by atoms with E-state index in [1.165, 1.54) is 0 Å². The number of fused-ring (bicyclic) bond motifs is 1. The number of sulfonamides is 1. The molecule has 0 aliphatic heterocycles. The van der Waals surface area contributed by atoms with Crippen LogP contribution in [0.1, 0.15) is 15.9 Å². The first kappa shape index (κ1) is 22.5. The van der Waals surface area contributed by atoms with Gasteiger partial charge in [-0.25, -0.2) is 8.42 Å². The number of anilines is 1. The quantitative estimate of drug-likeness (QED) is 0.371. The Morgan fingerprint density at radius 3 is 2.18 bits per heavy atom. The van der Waals surface area contributed by atoms with Crippen molar-refractivity contribution in [1.82, 2.24) is 5.32 Å². The van der Waals surface area contributed by atoms with Gasteiger partial charge in [0.05, 0.1) is 17.5 Å². The number of hydrogen-bond donors (Lipinski definition) is 3. The lowest BCUT2D eigenvalue weighted by molar-refractivity contribution is 0.0916. The van der Waals surface area contributed by atoms with Crippen molar-refractivity contribution in [2.45, 2.75) is 17.4 Å². The van der Waals surface area contributed by atoms with Crippen molar-refractivity contribution in [2.75, 3.05) is 11.3 Å². The van der Waals surface area contributed by atoms with Crippen LogP contribution in [0.25, 0.3) is 10.8 Å². The van der Waals surface area contributed by atoms with Gasteiger partial charge in [0.2, 0.25) is 0 Å². The minimum Gasteiger partial charge on any atom is -0.394 e. The summed E-state index contributed by atoms with van der Waals surface area (Å²) in [6.45, 7) is -0.190. The third-order valence-corrected chi connectivity index (χ3v) is 6.69. The summed E-state index contributed by atoms with van der Waals surface area (Å²) in [5.41, 5.74) is 1.73. The third-order valence-electron chi connectivity index (χ3n) is 5.31. The van der Waals surface area contributed by atoms with Gasteiger partial charge in [0.25, 0.3) is 15.9 Å². The molecule has 0 saturated carbocycles. The van der Waals surface area contributed by atoms with Crippen LogP contribution in [0, 0.1) is 0 Å². The molecule has 0 fully saturated rings. The zero-order valence-corrected chi connectivity index (χ0v) is 18.6. The Morgan fingerprint density at radius 1 is 0.818 bits per heavy atom. The smallest absolute Gasteiger partial charge is 0.261 e. The van der Waals surface area contributed by atoms with Gasteiger partial charge >= 0.3 is 0 Å². The van der Waals surface area contributed by atoms with Crippen molar-refractivity contribution in [1.29, 1.82) is 0 Å². The molecule has 4 aromatic carbocycles. The van der Waals surface area contributed by atoms with Gasteiger partial charge in [-0.05, 0) is 59.2 Å². The van der Waals surface area contributed by atoms with E-state index in [0.717, 1.165) is 16.3 Å². The van der Waals surface area contributed by atoms with Crippen molar-refractivity contribution >= 4 is 32.4 Å². The van der Waals surface area contributed by atoms with Crippen LogP contribution in [-0.2, 0) is 16.4 Å². The average molecular weight is 461 g/mol. The number of nitrogens with one attached hydrogen (secondary N) is 2. The van der Waals surface area contributed by atoms with Crippen LogP contribution in [-0.4, -0.2) is 32.1 Å². The zero-order valence-electron chi connectivity index (χ0n) is 17.8. The fraction of sp³-hybridized carbons (Fsp3) is 0.115. The van der Waals surface area contributed by atoms with Crippen molar-refractivity contribution in [3.8, 4) is 0 Å². The largest absolute Gasteiger partial charge is 0.394 e. The first-order chi connectivity index (χ1) is 15.9. The molecule has 0 heterocycles. The van der Waals surface area contributed by atoms with Crippen LogP contribution in [0.5, 0.6) is 0 Å². The highest BCUT2D eigenvalue weighted by molar-refractivity contribution is 7.92. The number of amides is 1. The van der Waals surface area contributed by atoms with Crippen LogP contribution in [0.4, 0.5) is 5.69 Å². The fourth-order valence-corrected chi connectivity index (χ4v) is 4.66. The summed E-state index contributed by atoms with van der Waals surface area (Å²) in [6, 6.07) is 27.8. The topological polar surface area (TPSA) is 95.5 Å². The molecule has 1 amide bonds. The van der Waals surface area contributed by atoms with Gasteiger partial charge in [0.15, 0.2) is 0 Å². The standard InChI is InChI=1S/C26H24N2O4S/c29-18-24(16-19-6-2-1-3-7-19)27-26(30)21-10-13-23(14-11-21)28-33(31,32)25-15-12-20-8-4-5-9-22(20)17-25/h1-15,17,24,28-29H,16,18H2,(H,27,30). The van der Waals surface area contributed by atoms with Crippen LogP contribution in [0.2, 0.25) is 0 Å². The van der Waals surface area contributed by atoms with E-state index in [9.17, 15) is 18.3 Å². The second kappa shape index (κ2) is 9.85. The number of carbonyl (C=O) groups excluding carboxylic acids is 1. The average Bonchev–Trinajstić information content (AvgIpc) is 2.84. The molecule has 1 unspecified atom stereocenters. The van der Waals surface area contributed by atoms with Gasteiger partial charge in [-0.2, -0.15) is 0 Å². The summed E-state index contributed by atoms with van der Waals surface area (Å²) < 4.78 is 28.2. The Kier molecular flexibility index (Phi) is 6.72.